The molecule has 1 N–H and O–H groups in total. The Morgan fingerprint density at radius 1 is 1.00 bits per heavy atom. The third-order valence-electron chi connectivity index (χ3n) is 4.98. The van der Waals surface area contributed by atoms with Crippen LogP contribution in [-0.2, 0) is 22.3 Å². The molecule has 1 saturated heterocycles. The van der Waals surface area contributed by atoms with Crippen molar-refractivity contribution >= 4 is 35.1 Å². The molecule has 0 aliphatic carbocycles. The molecule has 1 heterocycles. The minimum atomic E-state index is -1.12. The highest BCUT2D eigenvalue weighted by atomic mass is 35.5. The third-order valence-corrected chi connectivity index (χ3v) is 5.69. The van der Waals surface area contributed by atoms with E-state index in [1.54, 1.807) is 25.1 Å². The first-order valence-corrected chi connectivity index (χ1v) is 9.47. The molecule has 2 aromatic carbocycles. The van der Waals surface area contributed by atoms with Crippen LogP contribution in [0.5, 0.6) is 0 Å². The van der Waals surface area contributed by atoms with Crippen LogP contribution < -0.4 is 5.32 Å². The zero-order chi connectivity index (χ0) is 20.0. The van der Waals surface area contributed by atoms with Crippen LogP contribution >= 0.6 is 23.2 Å². The van der Waals surface area contributed by atoms with Crippen molar-refractivity contribution in [3.8, 4) is 0 Å². The van der Waals surface area contributed by atoms with Gasteiger partial charge in [-0.3, -0.25) is 9.69 Å². The maximum absolute atomic E-state index is 13.1. The molecule has 1 fully saturated rings. The minimum absolute atomic E-state index is 0.00914. The van der Waals surface area contributed by atoms with Crippen molar-refractivity contribution in [2.75, 3.05) is 0 Å². The fourth-order valence-corrected chi connectivity index (χ4v) is 3.70. The summed E-state index contributed by atoms with van der Waals surface area (Å²) in [4.78, 5) is 26.8. The summed E-state index contributed by atoms with van der Waals surface area (Å²) in [6.45, 7) is 8.12. The quantitative estimate of drug-likeness (QED) is 0.709. The molecule has 1 aliphatic rings. The molecule has 3 amide bonds. The molecule has 0 aromatic heterocycles. The SMILES string of the molecule is CC(C)(C)c1ccc([C@]2(C)NC(=O)N(Cc3c(Cl)cccc3Cl)C2=O)cc1. The summed E-state index contributed by atoms with van der Waals surface area (Å²) in [6.07, 6.45) is 0. The summed E-state index contributed by atoms with van der Waals surface area (Å²) >= 11 is 12.4. The molecular weight excluding hydrogens is 383 g/mol. The van der Waals surface area contributed by atoms with Gasteiger partial charge in [-0.1, -0.05) is 74.3 Å². The van der Waals surface area contributed by atoms with Gasteiger partial charge in [0.25, 0.3) is 5.91 Å². The maximum Gasteiger partial charge on any atom is 0.325 e. The monoisotopic (exact) mass is 404 g/mol. The lowest BCUT2D eigenvalue weighted by Gasteiger charge is -2.25. The lowest BCUT2D eigenvalue weighted by atomic mass is 9.84. The molecule has 1 atom stereocenters. The smallest absolute Gasteiger partial charge is 0.319 e. The lowest BCUT2D eigenvalue weighted by molar-refractivity contribution is -0.131. The van der Waals surface area contributed by atoms with Crippen molar-refractivity contribution in [2.24, 2.45) is 0 Å². The van der Waals surface area contributed by atoms with Crippen molar-refractivity contribution in [3.63, 3.8) is 0 Å². The van der Waals surface area contributed by atoms with Crippen LogP contribution in [0.3, 0.4) is 0 Å². The van der Waals surface area contributed by atoms with Crippen LogP contribution in [0.15, 0.2) is 42.5 Å². The number of rotatable bonds is 3. The average molecular weight is 405 g/mol. The number of amides is 3. The van der Waals surface area contributed by atoms with E-state index in [-0.39, 0.29) is 17.9 Å². The Hall–Kier alpha value is -2.04. The number of nitrogens with one attached hydrogen (secondary N) is 1. The van der Waals surface area contributed by atoms with Crippen molar-refractivity contribution in [1.82, 2.24) is 10.2 Å². The number of hydrogen-bond donors (Lipinski definition) is 1. The first kappa shape index (κ1) is 19.7. The molecule has 0 spiro atoms. The van der Waals surface area contributed by atoms with Gasteiger partial charge in [0.15, 0.2) is 0 Å². The fourth-order valence-electron chi connectivity index (χ4n) is 3.18. The van der Waals surface area contributed by atoms with Gasteiger partial charge in [0.05, 0.1) is 6.54 Å². The first-order valence-electron chi connectivity index (χ1n) is 8.72. The summed E-state index contributed by atoms with van der Waals surface area (Å²) in [5.41, 5.74) is 1.33. The number of benzene rings is 2. The topological polar surface area (TPSA) is 49.4 Å². The largest absolute Gasteiger partial charge is 0.325 e. The molecule has 3 rings (SSSR count). The van der Waals surface area contributed by atoms with Crippen LogP contribution in [0.2, 0.25) is 10.0 Å². The Balaban J connectivity index is 1.91. The molecular formula is C21H22Cl2N2O2. The summed E-state index contributed by atoms with van der Waals surface area (Å²) in [5.74, 6) is -0.327. The predicted molar refractivity (Wildman–Crippen MR) is 108 cm³/mol. The highest BCUT2D eigenvalue weighted by Crippen LogP contribution is 2.33. The first-order chi connectivity index (χ1) is 12.5. The number of carbonyl (C=O) groups excluding carboxylic acids is 2. The Bertz CT molecular complexity index is 883. The van der Waals surface area contributed by atoms with Gasteiger partial charge < -0.3 is 5.32 Å². The Morgan fingerprint density at radius 2 is 1.56 bits per heavy atom. The minimum Gasteiger partial charge on any atom is -0.319 e. The molecule has 142 valence electrons. The third kappa shape index (κ3) is 3.56. The molecule has 0 unspecified atom stereocenters. The molecule has 1 aliphatic heterocycles. The highest BCUT2D eigenvalue weighted by molar-refractivity contribution is 6.36. The number of nitrogens with zero attached hydrogens (tertiary/aromatic N) is 1. The van der Waals surface area contributed by atoms with E-state index >= 15 is 0 Å². The number of hydrogen-bond acceptors (Lipinski definition) is 2. The Kier molecular flexibility index (Phi) is 5.00. The Morgan fingerprint density at radius 3 is 2.07 bits per heavy atom. The van der Waals surface area contributed by atoms with Gasteiger partial charge in [0.1, 0.15) is 5.54 Å². The molecule has 0 bridgehead atoms. The van der Waals surface area contributed by atoms with E-state index in [1.165, 1.54) is 0 Å². The van der Waals surface area contributed by atoms with Crippen molar-refractivity contribution in [1.29, 1.82) is 0 Å². The van der Waals surface area contributed by atoms with E-state index in [4.69, 9.17) is 23.2 Å². The van der Waals surface area contributed by atoms with E-state index in [0.717, 1.165) is 16.0 Å². The summed E-state index contributed by atoms with van der Waals surface area (Å²) < 4.78 is 0. The van der Waals surface area contributed by atoms with Crippen LogP contribution in [0, 0.1) is 0 Å². The molecule has 2 aromatic rings. The van der Waals surface area contributed by atoms with Gasteiger partial charge in [0.2, 0.25) is 0 Å². The number of urea groups is 1. The lowest BCUT2D eigenvalue weighted by Crippen LogP contribution is -2.40. The Labute approximate surface area is 169 Å². The van der Waals surface area contributed by atoms with Gasteiger partial charge in [-0.05, 0) is 35.6 Å². The second-order valence-corrected chi connectivity index (χ2v) is 8.79. The van der Waals surface area contributed by atoms with Gasteiger partial charge in [-0.25, -0.2) is 4.79 Å². The number of halogens is 2. The summed E-state index contributed by atoms with van der Waals surface area (Å²) in [5, 5.41) is 3.66. The van der Waals surface area contributed by atoms with E-state index in [9.17, 15) is 9.59 Å². The van der Waals surface area contributed by atoms with Crippen LogP contribution in [0.1, 0.15) is 44.4 Å². The van der Waals surface area contributed by atoms with Crippen molar-refractivity contribution in [3.05, 3.63) is 69.2 Å². The molecule has 4 nitrogen and oxygen atoms in total. The van der Waals surface area contributed by atoms with Gasteiger partial charge >= 0.3 is 6.03 Å². The summed E-state index contributed by atoms with van der Waals surface area (Å²) in [7, 11) is 0. The molecule has 6 heteroatoms. The van der Waals surface area contributed by atoms with Crippen molar-refractivity contribution in [2.45, 2.75) is 45.2 Å². The van der Waals surface area contributed by atoms with Crippen LogP contribution in [-0.4, -0.2) is 16.8 Å². The van der Waals surface area contributed by atoms with E-state index in [1.807, 2.05) is 24.3 Å². The fraction of sp³-hybridized carbons (Fsp3) is 0.333. The van der Waals surface area contributed by atoms with E-state index in [0.29, 0.717) is 15.6 Å². The number of imide groups is 1. The van der Waals surface area contributed by atoms with Gasteiger partial charge in [0, 0.05) is 15.6 Å². The standard InChI is InChI=1S/C21H22Cl2N2O2/c1-20(2,3)13-8-10-14(11-9-13)21(4)18(26)25(19(27)24-21)12-15-16(22)6-5-7-17(15)23/h5-11H,12H2,1-4H3,(H,24,27)/t21-/m0/s1. The molecule has 0 radical (unpaired) electrons. The van der Waals surface area contributed by atoms with Gasteiger partial charge in [-0.15, -0.1) is 0 Å². The zero-order valence-electron chi connectivity index (χ0n) is 15.8. The second-order valence-electron chi connectivity index (χ2n) is 7.97. The highest BCUT2D eigenvalue weighted by Gasteiger charge is 2.49. The van der Waals surface area contributed by atoms with Crippen LogP contribution in [0.25, 0.3) is 0 Å². The van der Waals surface area contributed by atoms with Gasteiger partial charge in [-0.2, -0.15) is 0 Å². The zero-order valence-corrected chi connectivity index (χ0v) is 17.3. The molecule has 0 saturated carbocycles. The molecule has 27 heavy (non-hydrogen) atoms. The second kappa shape index (κ2) is 6.84. The normalized spacial score (nSPS) is 20.1. The van der Waals surface area contributed by atoms with Crippen molar-refractivity contribution < 1.29 is 9.59 Å². The van der Waals surface area contributed by atoms with E-state index < -0.39 is 11.6 Å². The van der Waals surface area contributed by atoms with E-state index in [2.05, 4.69) is 26.1 Å². The predicted octanol–water partition coefficient (Wildman–Crippen LogP) is 5.26. The summed E-state index contributed by atoms with van der Waals surface area (Å²) in [6, 6.07) is 12.4. The average Bonchev–Trinajstić information content (AvgIpc) is 2.81. The number of carbonyl (C=O) groups is 2. The van der Waals surface area contributed by atoms with Crippen LogP contribution in [0.4, 0.5) is 4.79 Å². The maximum atomic E-state index is 13.1.